The van der Waals surface area contributed by atoms with Crippen molar-refractivity contribution in [1.82, 2.24) is 10.3 Å². The Morgan fingerprint density at radius 3 is 2.44 bits per heavy atom. The molecule has 1 amide bonds. The number of ether oxygens (including phenoxy) is 4. The molecular weight excluding hydrogens is 569 g/mol. The van der Waals surface area contributed by atoms with E-state index < -0.39 is 48.5 Å². The van der Waals surface area contributed by atoms with E-state index in [0.717, 1.165) is 24.1 Å². The third-order valence-electron chi connectivity index (χ3n) is 7.46. The minimum Gasteiger partial charge on any atom is -0.493 e. The molecule has 0 saturated carbocycles. The van der Waals surface area contributed by atoms with Crippen molar-refractivity contribution in [2.24, 2.45) is 17.8 Å². The van der Waals surface area contributed by atoms with Crippen LogP contribution in [-0.2, 0) is 31.7 Å². The molecule has 3 rings (SSSR count). The first-order chi connectivity index (χ1) is 20.3. The van der Waals surface area contributed by atoms with Crippen molar-refractivity contribution in [2.75, 3.05) is 13.9 Å². The summed E-state index contributed by atoms with van der Waals surface area (Å²) >= 11 is 0. The van der Waals surface area contributed by atoms with Crippen molar-refractivity contribution in [1.29, 1.82) is 0 Å². The van der Waals surface area contributed by atoms with E-state index in [4.69, 9.17) is 18.9 Å². The number of carbonyl (C=O) groups excluding carboxylic acids is 3. The summed E-state index contributed by atoms with van der Waals surface area (Å²) in [6, 6.07) is 5.69. The minimum atomic E-state index is -4.41. The molecule has 1 saturated heterocycles. The van der Waals surface area contributed by atoms with Gasteiger partial charge in [-0.2, -0.15) is 13.2 Å². The lowest BCUT2D eigenvalue weighted by Gasteiger charge is -2.32. The van der Waals surface area contributed by atoms with E-state index in [0.29, 0.717) is 25.2 Å². The highest BCUT2D eigenvalue weighted by Crippen LogP contribution is 2.35. The topological polar surface area (TPSA) is 113 Å². The van der Waals surface area contributed by atoms with Gasteiger partial charge in [0.1, 0.15) is 12.1 Å². The van der Waals surface area contributed by atoms with Crippen molar-refractivity contribution in [2.45, 2.75) is 78.1 Å². The number of cyclic esters (lactones) is 1. The molecule has 1 N–H and O–H groups in total. The van der Waals surface area contributed by atoms with Crippen LogP contribution in [0.25, 0.3) is 0 Å². The molecule has 0 radical (unpaired) electrons. The largest absolute Gasteiger partial charge is 0.493 e. The van der Waals surface area contributed by atoms with E-state index in [9.17, 15) is 27.6 Å². The highest BCUT2D eigenvalue weighted by molar-refractivity contribution is 5.98. The van der Waals surface area contributed by atoms with E-state index >= 15 is 0 Å². The van der Waals surface area contributed by atoms with Crippen LogP contribution in [0.5, 0.6) is 11.5 Å². The van der Waals surface area contributed by atoms with Crippen LogP contribution in [0.15, 0.2) is 36.5 Å². The standard InChI is InChI=1S/C31H39F3N2O7/c1-18(2)15-24-19(3)43-30(39)25(8-6-7-22(24)16-21-9-11-23(12-10-21)31(32,33)34)36-29(38)27-28(42-17-41-20(4)37)26(40-5)13-14-35-27/h9-14,18-19,22,24-25H,6-8,15-17H2,1-5H3,(H,36,38)/t19-,22+,24-,25-/m0/s1. The van der Waals surface area contributed by atoms with Crippen LogP contribution in [0.4, 0.5) is 13.2 Å². The molecule has 0 aliphatic carbocycles. The summed E-state index contributed by atoms with van der Waals surface area (Å²) in [6.45, 7) is 6.70. The molecule has 1 aromatic heterocycles. The zero-order valence-electron chi connectivity index (χ0n) is 25.0. The molecule has 0 bridgehead atoms. The summed E-state index contributed by atoms with van der Waals surface area (Å²) in [5.41, 5.74) is -0.0827. The molecule has 236 valence electrons. The maximum Gasteiger partial charge on any atom is 0.416 e. The Labute approximate surface area is 249 Å². The first kappa shape index (κ1) is 33.7. The predicted molar refractivity (Wildman–Crippen MR) is 150 cm³/mol. The normalized spacial score (nSPS) is 21.2. The second kappa shape index (κ2) is 15.1. The lowest BCUT2D eigenvalue weighted by atomic mass is 9.76. The number of alkyl halides is 3. The quantitative estimate of drug-likeness (QED) is 0.268. The van der Waals surface area contributed by atoms with Crippen LogP contribution < -0.4 is 14.8 Å². The van der Waals surface area contributed by atoms with Crippen molar-refractivity contribution in [3.05, 3.63) is 53.3 Å². The summed E-state index contributed by atoms with van der Waals surface area (Å²) in [7, 11) is 1.38. The van der Waals surface area contributed by atoms with Crippen molar-refractivity contribution < 1.29 is 46.5 Å². The number of nitrogens with zero attached hydrogens (tertiary/aromatic N) is 1. The Balaban J connectivity index is 1.80. The molecule has 0 spiro atoms. The van der Waals surface area contributed by atoms with Gasteiger partial charge in [0.2, 0.25) is 6.79 Å². The zero-order valence-corrected chi connectivity index (χ0v) is 25.0. The van der Waals surface area contributed by atoms with Gasteiger partial charge in [0.05, 0.1) is 12.7 Å². The van der Waals surface area contributed by atoms with Gasteiger partial charge in [0.15, 0.2) is 17.2 Å². The number of carbonyl (C=O) groups is 3. The van der Waals surface area contributed by atoms with Gasteiger partial charge in [0.25, 0.3) is 5.91 Å². The average Bonchev–Trinajstić information content (AvgIpc) is 2.98. The average molecular weight is 609 g/mol. The Bertz CT molecular complexity index is 1250. The first-order valence-electron chi connectivity index (χ1n) is 14.3. The SMILES string of the molecule is COc1ccnc(C(=O)N[C@H]2CCC[C@H](Cc3ccc(C(F)(F)F)cc3)[C@@H](CC(C)C)[C@H](C)OC2=O)c1OCOC(C)=O. The molecule has 4 atom stereocenters. The molecule has 1 fully saturated rings. The van der Waals surface area contributed by atoms with E-state index in [1.165, 1.54) is 38.4 Å². The fourth-order valence-corrected chi connectivity index (χ4v) is 5.39. The molecule has 43 heavy (non-hydrogen) atoms. The summed E-state index contributed by atoms with van der Waals surface area (Å²) < 4.78 is 60.7. The maximum absolute atomic E-state index is 13.3. The summed E-state index contributed by atoms with van der Waals surface area (Å²) in [5.74, 6) is -1.45. The highest BCUT2D eigenvalue weighted by atomic mass is 19.4. The molecule has 2 aromatic rings. The second-order valence-electron chi connectivity index (χ2n) is 11.1. The fraction of sp³-hybridized carbons (Fsp3) is 0.548. The molecular formula is C31H39F3N2O7. The van der Waals surface area contributed by atoms with E-state index in [-0.39, 0.29) is 35.4 Å². The Hall–Kier alpha value is -3.83. The molecule has 12 heteroatoms. The second-order valence-corrected chi connectivity index (χ2v) is 11.1. The lowest BCUT2D eigenvalue weighted by molar-refractivity contribution is -0.154. The number of aromatic nitrogens is 1. The number of amides is 1. The van der Waals surface area contributed by atoms with Crippen LogP contribution in [0, 0.1) is 17.8 Å². The number of hydrogen-bond donors (Lipinski definition) is 1. The number of halogens is 3. The van der Waals surface area contributed by atoms with Gasteiger partial charge >= 0.3 is 18.1 Å². The maximum atomic E-state index is 13.3. The van der Waals surface area contributed by atoms with Crippen molar-refractivity contribution in [3.8, 4) is 11.5 Å². The van der Waals surface area contributed by atoms with Gasteiger partial charge in [-0.3, -0.25) is 9.59 Å². The molecule has 1 aromatic carbocycles. The van der Waals surface area contributed by atoms with Gasteiger partial charge in [0, 0.05) is 19.2 Å². The molecule has 0 unspecified atom stereocenters. The molecule has 2 heterocycles. The van der Waals surface area contributed by atoms with Gasteiger partial charge in [-0.15, -0.1) is 0 Å². The fourth-order valence-electron chi connectivity index (χ4n) is 5.39. The minimum absolute atomic E-state index is 0.0396. The Kier molecular flexibility index (Phi) is 11.8. The van der Waals surface area contributed by atoms with Crippen molar-refractivity contribution >= 4 is 17.8 Å². The Morgan fingerprint density at radius 1 is 1.14 bits per heavy atom. The third kappa shape index (κ3) is 9.59. The van der Waals surface area contributed by atoms with Crippen LogP contribution in [-0.4, -0.2) is 48.9 Å². The van der Waals surface area contributed by atoms with E-state index in [2.05, 4.69) is 24.1 Å². The lowest BCUT2D eigenvalue weighted by Crippen LogP contribution is -2.43. The first-order valence-corrected chi connectivity index (χ1v) is 14.3. The van der Waals surface area contributed by atoms with Crippen LogP contribution in [0.3, 0.4) is 0 Å². The monoisotopic (exact) mass is 608 g/mol. The molecule has 1 aliphatic heterocycles. The number of benzene rings is 1. The predicted octanol–water partition coefficient (Wildman–Crippen LogP) is 5.74. The number of hydrogen-bond acceptors (Lipinski definition) is 8. The van der Waals surface area contributed by atoms with Crippen LogP contribution in [0.1, 0.15) is 75.0 Å². The number of esters is 2. The number of methoxy groups -OCH3 is 1. The van der Waals surface area contributed by atoms with E-state index in [1.54, 1.807) is 0 Å². The summed E-state index contributed by atoms with van der Waals surface area (Å²) in [5, 5.41) is 2.71. The van der Waals surface area contributed by atoms with Gasteiger partial charge in [-0.1, -0.05) is 32.4 Å². The molecule has 9 nitrogen and oxygen atoms in total. The van der Waals surface area contributed by atoms with Gasteiger partial charge < -0.3 is 24.3 Å². The highest BCUT2D eigenvalue weighted by Gasteiger charge is 2.36. The van der Waals surface area contributed by atoms with Crippen LogP contribution >= 0.6 is 0 Å². The number of rotatable bonds is 10. The smallest absolute Gasteiger partial charge is 0.416 e. The van der Waals surface area contributed by atoms with Crippen molar-refractivity contribution in [3.63, 3.8) is 0 Å². The summed E-state index contributed by atoms with van der Waals surface area (Å²) in [4.78, 5) is 41.9. The van der Waals surface area contributed by atoms with Gasteiger partial charge in [-0.05, 0) is 68.1 Å². The summed E-state index contributed by atoms with van der Waals surface area (Å²) in [6.07, 6.45) is -0.743. The Morgan fingerprint density at radius 2 is 1.84 bits per heavy atom. The molecule has 1 aliphatic rings. The zero-order chi connectivity index (χ0) is 31.7. The van der Waals surface area contributed by atoms with E-state index in [1.807, 2.05) is 6.92 Å². The van der Waals surface area contributed by atoms with Gasteiger partial charge in [-0.25, -0.2) is 9.78 Å². The number of pyridine rings is 1. The number of nitrogens with one attached hydrogen (secondary N) is 1. The van der Waals surface area contributed by atoms with Crippen LogP contribution in [0.2, 0.25) is 0 Å². The third-order valence-corrected chi connectivity index (χ3v) is 7.46.